The molecule has 0 atom stereocenters. The van der Waals surface area contributed by atoms with Crippen LogP contribution in [0.5, 0.6) is 0 Å². The number of alkyl halides is 3. The summed E-state index contributed by atoms with van der Waals surface area (Å²) < 4.78 is 44.1. The summed E-state index contributed by atoms with van der Waals surface area (Å²) in [6.07, 6.45) is -3.31. The zero-order chi connectivity index (χ0) is 14.0. The normalized spacial score (nSPS) is 13.1. The molecule has 0 aromatic carbocycles. The van der Waals surface area contributed by atoms with E-state index < -0.39 is 19.9 Å². The highest BCUT2D eigenvalue weighted by Gasteiger charge is 2.37. The fourth-order valence-electron chi connectivity index (χ4n) is 1.28. The number of halogens is 4. The monoisotopic (exact) mass is 344 g/mol. The molecule has 1 rings (SSSR count). The Bertz CT molecular complexity index is 401. The van der Waals surface area contributed by atoms with Crippen LogP contribution >= 0.6 is 15.9 Å². The highest BCUT2D eigenvalue weighted by atomic mass is 79.9. The highest BCUT2D eigenvalue weighted by molar-refractivity contribution is 9.10. The molecule has 0 unspecified atom stereocenters. The quantitative estimate of drug-likeness (QED) is 0.596. The van der Waals surface area contributed by atoms with Crippen LogP contribution in [0, 0.1) is 0 Å². The fourth-order valence-corrected chi connectivity index (χ4v) is 2.58. The average Bonchev–Trinajstić information content (AvgIpc) is 2.52. The van der Waals surface area contributed by atoms with Crippen LogP contribution in [0.4, 0.5) is 13.2 Å². The second-order valence-electron chi connectivity index (χ2n) is 5.20. The molecule has 0 bridgehead atoms. The van der Waals surface area contributed by atoms with E-state index in [1.165, 1.54) is 0 Å². The van der Waals surface area contributed by atoms with Crippen molar-refractivity contribution in [2.24, 2.45) is 0 Å². The molecule has 8 heteroatoms. The Balaban J connectivity index is 2.59. The molecule has 0 aliphatic rings. The van der Waals surface area contributed by atoms with Gasteiger partial charge < -0.3 is 9.30 Å². The molecule has 3 nitrogen and oxygen atoms in total. The van der Waals surface area contributed by atoms with E-state index in [1.54, 1.807) is 0 Å². The Labute approximate surface area is 113 Å². The highest BCUT2D eigenvalue weighted by Crippen LogP contribution is 2.34. The molecule has 0 radical (unpaired) electrons. The van der Waals surface area contributed by atoms with Crippen molar-refractivity contribution >= 4 is 24.0 Å². The van der Waals surface area contributed by atoms with E-state index in [4.69, 9.17) is 4.74 Å². The summed E-state index contributed by atoms with van der Waals surface area (Å²) in [6.45, 7) is 6.91. The minimum atomic E-state index is -4.43. The summed E-state index contributed by atoms with van der Waals surface area (Å²) in [5.74, 6) is 0. The fraction of sp³-hybridized carbons (Fsp3) is 0.700. The smallest absolute Gasteiger partial charge is 0.361 e. The van der Waals surface area contributed by atoms with Crippen molar-refractivity contribution in [3.05, 3.63) is 16.6 Å². The zero-order valence-electron chi connectivity index (χ0n) is 10.5. The van der Waals surface area contributed by atoms with Crippen molar-refractivity contribution in [3.8, 4) is 0 Å². The van der Waals surface area contributed by atoms with E-state index in [0.29, 0.717) is 6.61 Å². The molecule has 1 heterocycles. The number of hydrogen-bond acceptors (Lipinski definition) is 2. The second-order valence-corrected chi connectivity index (χ2v) is 11.6. The van der Waals surface area contributed by atoms with Crippen molar-refractivity contribution in [1.29, 1.82) is 0 Å². The topological polar surface area (TPSA) is 27.1 Å². The van der Waals surface area contributed by atoms with Gasteiger partial charge >= 0.3 is 6.18 Å². The van der Waals surface area contributed by atoms with Crippen LogP contribution in [0.3, 0.4) is 0 Å². The van der Waals surface area contributed by atoms with Crippen molar-refractivity contribution < 1.29 is 17.9 Å². The maximum Gasteiger partial charge on any atom is 0.434 e. The van der Waals surface area contributed by atoms with Gasteiger partial charge in [-0.1, -0.05) is 19.6 Å². The van der Waals surface area contributed by atoms with Crippen LogP contribution in [0.1, 0.15) is 5.69 Å². The van der Waals surface area contributed by atoms with Crippen LogP contribution in [-0.2, 0) is 17.6 Å². The van der Waals surface area contributed by atoms with Crippen molar-refractivity contribution in [1.82, 2.24) is 9.55 Å². The minimum Gasteiger partial charge on any atom is -0.361 e. The third-order valence-electron chi connectivity index (χ3n) is 2.29. The molecular formula is C10H16BrF3N2OSi. The summed E-state index contributed by atoms with van der Waals surface area (Å²) >= 11 is 2.79. The molecule has 0 saturated heterocycles. The zero-order valence-corrected chi connectivity index (χ0v) is 13.1. The Kier molecular flexibility index (Phi) is 5.02. The first-order chi connectivity index (χ1) is 8.11. The van der Waals surface area contributed by atoms with E-state index in [2.05, 4.69) is 40.6 Å². The molecule has 0 aliphatic heterocycles. The van der Waals surface area contributed by atoms with Gasteiger partial charge in [-0.15, -0.1) is 0 Å². The molecule has 104 valence electrons. The van der Waals surface area contributed by atoms with E-state index in [1.807, 2.05) is 0 Å². The van der Waals surface area contributed by atoms with Gasteiger partial charge in [-0.2, -0.15) is 13.2 Å². The minimum absolute atomic E-state index is 0.127. The van der Waals surface area contributed by atoms with Gasteiger partial charge in [0.05, 0.1) is 6.33 Å². The van der Waals surface area contributed by atoms with Gasteiger partial charge in [0, 0.05) is 14.7 Å². The lowest BCUT2D eigenvalue weighted by Gasteiger charge is -2.16. The third-order valence-corrected chi connectivity index (χ3v) is 4.57. The molecule has 0 spiro atoms. The van der Waals surface area contributed by atoms with Crippen LogP contribution in [0.2, 0.25) is 25.7 Å². The Hall–Kier alpha value is -0.343. The van der Waals surface area contributed by atoms with Gasteiger partial charge in [-0.25, -0.2) is 4.98 Å². The van der Waals surface area contributed by atoms with E-state index in [-0.39, 0.29) is 11.3 Å². The standard InChI is InChI=1S/C10H16BrF3N2OSi/c1-18(2,3)5-4-17-7-16-6-15-9(11)8(16)10(12,13)14/h6H,4-5,7H2,1-3H3. The first-order valence-corrected chi connectivity index (χ1v) is 9.97. The number of ether oxygens (including phenoxy) is 1. The molecule has 18 heavy (non-hydrogen) atoms. The SMILES string of the molecule is C[Si](C)(C)CCOCn1cnc(Br)c1C(F)(F)F. The molecule has 0 aliphatic carbocycles. The van der Waals surface area contributed by atoms with E-state index >= 15 is 0 Å². The van der Waals surface area contributed by atoms with Crippen molar-refractivity contribution in [3.63, 3.8) is 0 Å². The second kappa shape index (κ2) is 5.75. The first-order valence-electron chi connectivity index (χ1n) is 5.47. The number of hydrogen-bond donors (Lipinski definition) is 0. The molecule has 0 amide bonds. The molecule has 0 fully saturated rings. The molecular weight excluding hydrogens is 329 g/mol. The van der Waals surface area contributed by atoms with Gasteiger partial charge in [0.25, 0.3) is 0 Å². The maximum atomic E-state index is 12.7. The van der Waals surface area contributed by atoms with Gasteiger partial charge in [-0.3, -0.25) is 0 Å². The first kappa shape index (κ1) is 15.7. The van der Waals surface area contributed by atoms with Gasteiger partial charge in [0.15, 0.2) is 5.69 Å². The third kappa shape index (κ3) is 4.73. The summed E-state index contributed by atoms with van der Waals surface area (Å²) in [4.78, 5) is 3.60. The Morgan fingerprint density at radius 2 is 2.00 bits per heavy atom. The predicted molar refractivity (Wildman–Crippen MR) is 69.0 cm³/mol. The lowest BCUT2D eigenvalue weighted by molar-refractivity contribution is -0.146. The summed E-state index contributed by atoms with van der Waals surface area (Å²) in [5.41, 5.74) is -0.810. The van der Waals surface area contributed by atoms with Crippen molar-refractivity contribution in [2.45, 2.75) is 38.6 Å². The number of nitrogens with zero attached hydrogens (tertiary/aromatic N) is 2. The Morgan fingerprint density at radius 3 is 2.50 bits per heavy atom. The number of rotatable bonds is 5. The predicted octanol–water partition coefficient (Wildman–Crippen LogP) is 3.98. The number of imidazole rings is 1. The molecule has 0 saturated carbocycles. The van der Waals surface area contributed by atoms with E-state index in [9.17, 15) is 13.2 Å². The van der Waals surface area contributed by atoms with Gasteiger partial charge in [0.1, 0.15) is 11.3 Å². The van der Waals surface area contributed by atoms with Crippen LogP contribution < -0.4 is 0 Å². The Morgan fingerprint density at radius 1 is 1.39 bits per heavy atom. The van der Waals surface area contributed by atoms with Crippen LogP contribution in [0.25, 0.3) is 0 Å². The summed E-state index contributed by atoms with van der Waals surface area (Å²) in [7, 11) is -1.22. The van der Waals surface area contributed by atoms with Crippen LogP contribution in [-0.4, -0.2) is 24.2 Å². The maximum absolute atomic E-state index is 12.7. The number of aromatic nitrogens is 2. The molecule has 1 aromatic heterocycles. The largest absolute Gasteiger partial charge is 0.434 e. The van der Waals surface area contributed by atoms with Crippen LogP contribution in [0.15, 0.2) is 10.9 Å². The summed E-state index contributed by atoms with van der Waals surface area (Å²) in [6, 6.07) is 0.921. The molecule has 1 aromatic rings. The van der Waals surface area contributed by atoms with Gasteiger partial charge in [0.2, 0.25) is 0 Å². The summed E-state index contributed by atoms with van der Waals surface area (Å²) in [5, 5.41) is 0. The lowest BCUT2D eigenvalue weighted by atomic mass is 10.4. The lowest BCUT2D eigenvalue weighted by Crippen LogP contribution is -2.22. The average molecular weight is 345 g/mol. The van der Waals surface area contributed by atoms with Gasteiger partial charge in [-0.05, 0) is 22.0 Å². The van der Waals surface area contributed by atoms with E-state index in [0.717, 1.165) is 16.9 Å². The van der Waals surface area contributed by atoms with Crippen molar-refractivity contribution in [2.75, 3.05) is 6.61 Å². The molecule has 0 N–H and O–H groups in total.